The number of hydrogen-bond donors (Lipinski definition) is 1. The van der Waals surface area contributed by atoms with Gasteiger partial charge in [-0.05, 0) is 38.5 Å². The summed E-state index contributed by atoms with van der Waals surface area (Å²) in [4.78, 5) is 24.9. The van der Waals surface area contributed by atoms with Crippen LogP contribution in [-0.4, -0.2) is 26.1 Å². The van der Waals surface area contributed by atoms with Crippen LogP contribution in [0.5, 0.6) is 0 Å². The van der Waals surface area contributed by atoms with Gasteiger partial charge in [-0.25, -0.2) is 4.52 Å². The maximum absolute atomic E-state index is 12.8. The Morgan fingerprint density at radius 3 is 2.79 bits per heavy atom. The van der Waals surface area contributed by atoms with E-state index >= 15 is 0 Å². The Labute approximate surface area is 140 Å². The highest BCUT2D eigenvalue weighted by Gasteiger charge is 2.20. The zero-order chi connectivity index (χ0) is 16.5. The Bertz CT molecular complexity index is 814. The Kier molecular flexibility index (Phi) is 4.12. The number of carbonyl (C=O) groups excluding carboxylic acids is 1. The Morgan fingerprint density at radius 2 is 1.96 bits per heavy atom. The van der Waals surface area contributed by atoms with Crippen molar-refractivity contribution in [3.63, 3.8) is 0 Å². The zero-order valence-corrected chi connectivity index (χ0v) is 14.0. The Balaban J connectivity index is 1.51. The molecule has 1 saturated carbocycles. The van der Waals surface area contributed by atoms with E-state index in [4.69, 9.17) is 0 Å². The Hall–Kier alpha value is -2.11. The van der Waals surface area contributed by atoms with Crippen molar-refractivity contribution in [3.05, 3.63) is 34.0 Å². The first-order chi connectivity index (χ1) is 11.7. The van der Waals surface area contributed by atoms with Crippen LogP contribution in [0.4, 0.5) is 0 Å². The fourth-order valence-corrected chi connectivity index (χ4v) is 4.02. The molecular formula is C18H24N4O2. The molecule has 24 heavy (non-hydrogen) atoms. The highest BCUT2D eigenvalue weighted by Crippen LogP contribution is 2.22. The molecule has 0 bridgehead atoms. The van der Waals surface area contributed by atoms with Crippen molar-refractivity contribution in [2.45, 2.75) is 70.4 Å². The van der Waals surface area contributed by atoms with Gasteiger partial charge < -0.3 is 9.88 Å². The first-order valence-corrected chi connectivity index (χ1v) is 9.11. The van der Waals surface area contributed by atoms with Crippen molar-refractivity contribution < 1.29 is 4.79 Å². The van der Waals surface area contributed by atoms with Crippen LogP contribution in [0.15, 0.2) is 17.2 Å². The average Bonchev–Trinajstić information content (AvgIpc) is 3.21. The summed E-state index contributed by atoms with van der Waals surface area (Å²) < 4.78 is 3.37. The number of aryl methyl sites for hydroxylation is 3. The fourth-order valence-electron chi connectivity index (χ4n) is 4.02. The lowest BCUT2D eigenvalue weighted by Crippen LogP contribution is -2.34. The van der Waals surface area contributed by atoms with E-state index in [1.54, 1.807) is 15.3 Å². The molecule has 6 nitrogen and oxygen atoms in total. The van der Waals surface area contributed by atoms with Gasteiger partial charge in [0.15, 0.2) is 0 Å². The number of nitrogens with zero attached hydrogens (tertiary/aromatic N) is 3. The molecule has 0 spiro atoms. The summed E-state index contributed by atoms with van der Waals surface area (Å²) in [5.41, 5.74) is 2.84. The minimum atomic E-state index is -0.0261. The molecule has 4 rings (SSSR count). The summed E-state index contributed by atoms with van der Waals surface area (Å²) in [7, 11) is 0. The number of hydrogen-bond acceptors (Lipinski definition) is 3. The quantitative estimate of drug-likeness (QED) is 0.931. The lowest BCUT2D eigenvalue weighted by Gasteiger charge is -2.12. The van der Waals surface area contributed by atoms with Crippen molar-refractivity contribution in [2.75, 3.05) is 0 Å². The summed E-state index contributed by atoms with van der Waals surface area (Å²) in [5, 5.41) is 7.62. The molecule has 2 aliphatic carbocycles. The van der Waals surface area contributed by atoms with Crippen LogP contribution in [-0.2, 0) is 24.2 Å². The van der Waals surface area contributed by atoms with Gasteiger partial charge in [-0.1, -0.05) is 12.8 Å². The first kappa shape index (κ1) is 15.4. The summed E-state index contributed by atoms with van der Waals surface area (Å²) in [6.45, 7) is 0.424. The SMILES string of the molecule is O=C(CCn1ccn2nc3c(c2c1=O)CCCC3)NC1CCCC1. The Morgan fingerprint density at radius 1 is 1.17 bits per heavy atom. The molecule has 1 amide bonds. The van der Waals surface area contributed by atoms with Gasteiger partial charge in [0.05, 0.1) is 5.69 Å². The van der Waals surface area contributed by atoms with E-state index in [-0.39, 0.29) is 11.5 Å². The monoisotopic (exact) mass is 328 g/mol. The molecule has 2 aliphatic rings. The van der Waals surface area contributed by atoms with Gasteiger partial charge >= 0.3 is 0 Å². The molecule has 0 aliphatic heterocycles. The van der Waals surface area contributed by atoms with Crippen molar-refractivity contribution in [1.82, 2.24) is 19.5 Å². The van der Waals surface area contributed by atoms with Crippen LogP contribution in [0, 0.1) is 0 Å². The third kappa shape index (κ3) is 2.85. The van der Waals surface area contributed by atoms with Gasteiger partial charge in [-0.15, -0.1) is 0 Å². The first-order valence-electron chi connectivity index (χ1n) is 9.11. The average molecular weight is 328 g/mol. The summed E-state index contributed by atoms with van der Waals surface area (Å²) in [5.74, 6) is 0.0456. The van der Waals surface area contributed by atoms with E-state index in [1.165, 1.54) is 12.8 Å². The number of rotatable bonds is 4. The van der Waals surface area contributed by atoms with Crippen LogP contribution >= 0.6 is 0 Å². The fraction of sp³-hybridized carbons (Fsp3) is 0.611. The third-order valence-corrected chi connectivity index (χ3v) is 5.33. The predicted octanol–water partition coefficient (Wildman–Crippen LogP) is 1.82. The van der Waals surface area contributed by atoms with Crippen molar-refractivity contribution in [1.29, 1.82) is 0 Å². The molecule has 2 aromatic heterocycles. The van der Waals surface area contributed by atoms with E-state index in [0.29, 0.717) is 24.5 Å². The van der Waals surface area contributed by atoms with Crippen molar-refractivity contribution in [2.24, 2.45) is 0 Å². The molecule has 1 fully saturated rings. The summed E-state index contributed by atoms with van der Waals surface area (Å²) in [6.07, 6.45) is 12.7. The van der Waals surface area contributed by atoms with E-state index < -0.39 is 0 Å². The molecule has 128 valence electrons. The second-order valence-corrected chi connectivity index (χ2v) is 7.02. The van der Waals surface area contributed by atoms with Gasteiger partial charge in [0.1, 0.15) is 5.52 Å². The molecule has 0 radical (unpaired) electrons. The lowest BCUT2D eigenvalue weighted by molar-refractivity contribution is -0.122. The van der Waals surface area contributed by atoms with Crippen molar-refractivity contribution in [3.8, 4) is 0 Å². The van der Waals surface area contributed by atoms with Crippen LogP contribution in [0.1, 0.15) is 56.2 Å². The largest absolute Gasteiger partial charge is 0.353 e. The second-order valence-electron chi connectivity index (χ2n) is 7.02. The van der Waals surface area contributed by atoms with E-state index in [9.17, 15) is 9.59 Å². The maximum Gasteiger partial charge on any atom is 0.276 e. The lowest BCUT2D eigenvalue weighted by atomic mass is 9.97. The van der Waals surface area contributed by atoms with E-state index in [0.717, 1.165) is 49.8 Å². The highest BCUT2D eigenvalue weighted by atomic mass is 16.2. The van der Waals surface area contributed by atoms with Gasteiger partial charge in [-0.2, -0.15) is 5.10 Å². The van der Waals surface area contributed by atoms with Crippen LogP contribution < -0.4 is 10.9 Å². The minimum Gasteiger partial charge on any atom is -0.353 e. The molecule has 0 atom stereocenters. The second kappa shape index (κ2) is 6.42. The number of fused-ring (bicyclic) bond motifs is 3. The van der Waals surface area contributed by atoms with Crippen LogP contribution in [0.25, 0.3) is 5.52 Å². The maximum atomic E-state index is 12.8. The number of amides is 1. The third-order valence-electron chi connectivity index (χ3n) is 5.33. The van der Waals surface area contributed by atoms with Gasteiger partial charge in [-0.3, -0.25) is 9.59 Å². The molecule has 6 heteroatoms. The molecule has 0 saturated heterocycles. The summed E-state index contributed by atoms with van der Waals surface area (Å²) >= 11 is 0. The topological polar surface area (TPSA) is 68.4 Å². The molecule has 0 unspecified atom stereocenters. The van der Waals surface area contributed by atoms with E-state index in [2.05, 4.69) is 10.4 Å². The molecule has 2 heterocycles. The number of nitrogens with one attached hydrogen (secondary N) is 1. The standard InChI is InChI=1S/C18H24N4O2/c23-16(19-13-5-1-2-6-13)9-10-21-11-12-22-17(18(21)24)14-7-3-4-8-15(14)20-22/h11-13H,1-10H2,(H,19,23). The molecule has 0 aromatic carbocycles. The predicted molar refractivity (Wildman–Crippen MR) is 91.1 cm³/mol. The van der Waals surface area contributed by atoms with Crippen molar-refractivity contribution >= 4 is 11.4 Å². The number of aromatic nitrogens is 3. The molecule has 2 aromatic rings. The van der Waals surface area contributed by atoms with Crippen LogP contribution in [0.3, 0.4) is 0 Å². The van der Waals surface area contributed by atoms with E-state index in [1.807, 2.05) is 6.20 Å². The smallest absolute Gasteiger partial charge is 0.276 e. The van der Waals surface area contributed by atoms with Crippen LogP contribution in [0.2, 0.25) is 0 Å². The summed E-state index contributed by atoms with van der Waals surface area (Å²) in [6, 6.07) is 0.332. The van der Waals surface area contributed by atoms with Gasteiger partial charge in [0.2, 0.25) is 5.91 Å². The minimum absolute atomic E-state index is 0.0261. The van der Waals surface area contributed by atoms with Gasteiger partial charge in [0, 0.05) is 37.0 Å². The zero-order valence-electron chi connectivity index (χ0n) is 14.0. The molecular weight excluding hydrogens is 304 g/mol. The highest BCUT2D eigenvalue weighted by molar-refractivity contribution is 5.76. The normalized spacial score (nSPS) is 18.0. The molecule has 1 N–H and O–H groups in total. The van der Waals surface area contributed by atoms with Gasteiger partial charge in [0.25, 0.3) is 5.56 Å². The number of carbonyl (C=O) groups is 1.